The van der Waals surface area contributed by atoms with Gasteiger partial charge >= 0.3 is 6.03 Å². The first kappa shape index (κ1) is 15.8. The molecule has 0 unspecified atom stereocenters. The third-order valence-corrected chi connectivity index (χ3v) is 3.42. The zero-order valence-corrected chi connectivity index (χ0v) is 12.2. The topological polar surface area (TPSA) is 83.1 Å². The first-order valence-electron chi connectivity index (χ1n) is 6.13. The molecule has 0 radical (unpaired) electrons. The van der Waals surface area contributed by atoms with E-state index < -0.39 is 17.3 Å². The second-order valence-electron chi connectivity index (χ2n) is 4.11. The Kier molecular flexibility index (Phi) is 4.99. The molecule has 0 spiro atoms. The lowest BCUT2D eigenvalue weighted by molar-refractivity contribution is 0.102. The molecule has 0 bridgehead atoms. The Labute approximate surface area is 128 Å². The Hall–Kier alpha value is -2.55. The van der Waals surface area contributed by atoms with Crippen molar-refractivity contribution in [3.05, 3.63) is 40.3 Å². The molecule has 0 aliphatic heterocycles. The van der Waals surface area contributed by atoms with Crippen molar-refractivity contribution in [2.24, 2.45) is 0 Å². The number of benzene rings is 1. The van der Waals surface area contributed by atoms with E-state index in [-0.39, 0.29) is 11.7 Å². The number of thiazole rings is 1. The van der Waals surface area contributed by atoms with E-state index in [0.717, 1.165) is 11.3 Å². The highest BCUT2D eigenvalue weighted by molar-refractivity contribution is 7.09. The normalized spacial score (nSPS) is 10.4. The van der Waals surface area contributed by atoms with Gasteiger partial charge in [0, 0.05) is 23.8 Å². The maximum Gasteiger partial charge on any atom is 0.318 e. The number of carbonyl (C=O) groups excluding carboxylic acids is 2. The minimum atomic E-state index is -2.69. The molecule has 3 N–H and O–H groups in total. The van der Waals surface area contributed by atoms with E-state index >= 15 is 0 Å². The fourth-order valence-electron chi connectivity index (χ4n) is 1.52. The average Bonchev–Trinajstić information content (AvgIpc) is 2.99. The largest absolute Gasteiger partial charge is 0.341 e. The number of aromatic nitrogens is 1. The number of rotatable bonds is 4. The van der Waals surface area contributed by atoms with Crippen LogP contribution >= 0.6 is 11.3 Å². The van der Waals surface area contributed by atoms with Crippen LogP contribution in [0.25, 0.3) is 0 Å². The Morgan fingerprint density at radius 1 is 1.14 bits per heavy atom. The molecular weight excluding hydrogens is 314 g/mol. The van der Waals surface area contributed by atoms with E-state index in [4.69, 9.17) is 0 Å². The highest BCUT2D eigenvalue weighted by Gasteiger charge is 2.16. The first-order chi connectivity index (χ1) is 10.5. The second-order valence-corrected chi connectivity index (χ2v) is 5.00. The Morgan fingerprint density at radius 2 is 1.73 bits per heavy atom. The molecule has 6 nitrogen and oxygen atoms in total. The van der Waals surface area contributed by atoms with Gasteiger partial charge in [-0.3, -0.25) is 4.79 Å². The van der Waals surface area contributed by atoms with E-state index in [2.05, 4.69) is 20.9 Å². The van der Waals surface area contributed by atoms with E-state index in [9.17, 15) is 18.4 Å². The molecule has 22 heavy (non-hydrogen) atoms. The number of carbonyl (C=O) groups is 2. The molecular formula is C13H12F2N4O2S. The van der Waals surface area contributed by atoms with E-state index in [1.165, 1.54) is 12.4 Å². The molecule has 1 heterocycles. The molecule has 0 atom stereocenters. The summed E-state index contributed by atoms with van der Waals surface area (Å²) in [5.74, 6) is -0.574. The fourth-order valence-corrected chi connectivity index (χ4v) is 2.16. The zero-order valence-electron chi connectivity index (χ0n) is 11.4. The van der Waals surface area contributed by atoms with Crippen LogP contribution in [0.5, 0.6) is 0 Å². The predicted octanol–water partition coefficient (Wildman–Crippen LogP) is 3.08. The van der Waals surface area contributed by atoms with Crippen LogP contribution in [0.3, 0.4) is 0 Å². The highest BCUT2D eigenvalue weighted by atomic mass is 32.1. The maximum absolute atomic E-state index is 12.4. The first-order valence-corrected chi connectivity index (χ1v) is 7.01. The van der Waals surface area contributed by atoms with Crippen molar-refractivity contribution in [1.82, 2.24) is 10.3 Å². The lowest BCUT2D eigenvalue weighted by Crippen LogP contribution is -2.24. The van der Waals surface area contributed by atoms with Crippen LogP contribution in [0.1, 0.15) is 21.9 Å². The molecule has 2 rings (SSSR count). The summed E-state index contributed by atoms with van der Waals surface area (Å²) in [4.78, 5) is 26.6. The van der Waals surface area contributed by atoms with Gasteiger partial charge in [-0.15, -0.1) is 11.3 Å². The molecule has 0 fully saturated rings. The maximum atomic E-state index is 12.4. The molecule has 1 aromatic heterocycles. The van der Waals surface area contributed by atoms with Gasteiger partial charge in [-0.1, -0.05) is 0 Å². The van der Waals surface area contributed by atoms with Crippen molar-refractivity contribution < 1.29 is 18.4 Å². The SMILES string of the molecule is CNC(=O)Nc1ccc(NC(=O)c2csc(C(F)F)n2)cc1. The van der Waals surface area contributed by atoms with Crippen molar-refractivity contribution >= 4 is 34.6 Å². The molecule has 0 saturated heterocycles. The molecule has 9 heteroatoms. The van der Waals surface area contributed by atoms with Crippen LogP contribution in [-0.4, -0.2) is 24.0 Å². The summed E-state index contributed by atoms with van der Waals surface area (Å²) in [6.45, 7) is 0. The quantitative estimate of drug-likeness (QED) is 0.807. The molecule has 1 aromatic carbocycles. The highest BCUT2D eigenvalue weighted by Crippen LogP contribution is 2.23. The van der Waals surface area contributed by atoms with Crippen molar-refractivity contribution in [3.63, 3.8) is 0 Å². The zero-order chi connectivity index (χ0) is 16.1. The number of hydrogen-bond donors (Lipinski definition) is 3. The van der Waals surface area contributed by atoms with E-state index in [0.29, 0.717) is 11.4 Å². The summed E-state index contributed by atoms with van der Waals surface area (Å²) >= 11 is 0.732. The minimum Gasteiger partial charge on any atom is -0.341 e. The number of alkyl halides is 2. The van der Waals surface area contributed by atoms with Crippen molar-refractivity contribution in [3.8, 4) is 0 Å². The number of hydrogen-bond acceptors (Lipinski definition) is 4. The van der Waals surface area contributed by atoms with Gasteiger partial charge in [0.05, 0.1) is 0 Å². The summed E-state index contributed by atoms with van der Waals surface area (Å²) in [6.07, 6.45) is -2.69. The van der Waals surface area contributed by atoms with Crippen LogP contribution < -0.4 is 16.0 Å². The minimum absolute atomic E-state index is 0.0622. The van der Waals surface area contributed by atoms with Crippen LogP contribution in [0, 0.1) is 0 Å². The summed E-state index contributed by atoms with van der Waals surface area (Å²) in [5, 5.41) is 8.39. The summed E-state index contributed by atoms with van der Waals surface area (Å²) in [6, 6.07) is 5.97. The molecule has 0 aliphatic rings. The number of anilines is 2. The second kappa shape index (κ2) is 6.94. The standard InChI is InChI=1S/C13H12F2N4O2S/c1-16-13(21)18-8-4-2-7(3-5-8)17-11(20)9-6-22-12(19-9)10(14)15/h2-6,10H,1H3,(H,17,20)(H2,16,18,21). The van der Waals surface area contributed by atoms with Gasteiger partial charge in [-0.05, 0) is 24.3 Å². The fraction of sp³-hybridized carbons (Fsp3) is 0.154. The number of nitrogens with zero attached hydrogens (tertiary/aromatic N) is 1. The van der Waals surface area contributed by atoms with Crippen molar-refractivity contribution in [1.29, 1.82) is 0 Å². The molecule has 3 amide bonds. The van der Waals surface area contributed by atoms with Gasteiger partial charge in [-0.2, -0.15) is 0 Å². The van der Waals surface area contributed by atoms with Crippen LogP contribution in [0.15, 0.2) is 29.6 Å². The summed E-state index contributed by atoms with van der Waals surface area (Å²) in [7, 11) is 1.49. The number of urea groups is 1. The number of nitrogens with one attached hydrogen (secondary N) is 3. The summed E-state index contributed by atoms with van der Waals surface area (Å²) < 4.78 is 24.9. The molecule has 116 valence electrons. The Morgan fingerprint density at radius 3 is 2.23 bits per heavy atom. The van der Waals surface area contributed by atoms with Crippen LogP contribution in [-0.2, 0) is 0 Å². The average molecular weight is 326 g/mol. The van der Waals surface area contributed by atoms with Gasteiger partial charge in [0.2, 0.25) is 0 Å². The third-order valence-electron chi connectivity index (χ3n) is 2.57. The number of amides is 3. The predicted molar refractivity (Wildman–Crippen MR) is 79.5 cm³/mol. The van der Waals surface area contributed by atoms with Crippen LogP contribution in [0.2, 0.25) is 0 Å². The molecule has 0 saturated carbocycles. The van der Waals surface area contributed by atoms with Gasteiger partial charge < -0.3 is 16.0 Å². The third kappa shape index (κ3) is 3.98. The van der Waals surface area contributed by atoms with Crippen molar-refractivity contribution in [2.75, 3.05) is 17.7 Å². The van der Waals surface area contributed by atoms with Crippen molar-refractivity contribution in [2.45, 2.75) is 6.43 Å². The van der Waals surface area contributed by atoms with E-state index in [1.54, 1.807) is 24.3 Å². The summed E-state index contributed by atoms with van der Waals surface area (Å²) in [5.41, 5.74) is 0.943. The smallest absolute Gasteiger partial charge is 0.318 e. The van der Waals surface area contributed by atoms with Gasteiger partial charge in [0.1, 0.15) is 5.69 Å². The lowest BCUT2D eigenvalue weighted by Gasteiger charge is -2.06. The molecule has 2 aromatic rings. The van der Waals surface area contributed by atoms with Gasteiger partial charge in [0.15, 0.2) is 5.01 Å². The lowest BCUT2D eigenvalue weighted by atomic mass is 10.2. The van der Waals surface area contributed by atoms with E-state index in [1.807, 2.05) is 0 Å². The van der Waals surface area contributed by atoms with Gasteiger partial charge in [0.25, 0.3) is 12.3 Å². The Bertz CT molecular complexity index is 673. The molecule has 0 aliphatic carbocycles. The number of halogens is 2. The Balaban J connectivity index is 2.00. The van der Waals surface area contributed by atoms with Crippen LogP contribution in [0.4, 0.5) is 25.0 Å². The monoisotopic (exact) mass is 326 g/mol. The van der Waals surface area contributed by atoms with Gasteiger partial charge in [-0.25, -0.2) is 18.6 Å².